The van der Waals surface area contributed by atoms with Gasteiger partial charge in [0.05, 0.1) is 0 Å². The number of carbonyl (C=O) groups excluding carboxylic acids is 2. The third-order valence-corrected chi connectivity index (χ3v) is 4.80. The topological polar surface area (TPSA) is 78.4 Å². The van der Waals surface area contributed by atoms with Crippen LogP contribution < -0.4 is 10.2 Å². The van der Waals surface area contributed by atoms with Gasteiger partial charge in [0.2, 0.25) is 11.9 Å². The van der Waals surface area contributed by atoms with Crippen LogP contribution in [0.2, 0.25) is 0 Å². The molecule has 27 heavy (non-hydrogen) atoms. The molecule has 1 fully saturated rings. The Morgan fingerprint density at radius 2 is 1.67 bits per heavy atom. The number of nitrogens with one attached hydrogen (secondary N) is 1. The van der Waals surface area contributed by atoms with E-state index < -0.39 is 0 Å². The first-order chi connectivity index (χ1) is 12.8. The van der Waals surface area contributed by atoms with Crippen LogP contribution in [-0.2, 0) is 4.79 Å². The minimum Gasteiger partial charge on any atom is -0.339 e. The van der Waals surface area contributed by atoms with E-state index >= 15 is 0 Å². The van der Waals surface area contributed by atoms with E-state index in [2.05, 4.69) is 15.3 Å². The standard InChI is InChI=1S/C20H25N5O2/c1-13-11-14(2)18(15(3)12-13)23-19(27)17-5-6-21-20(22-17)25-9-7-24(8-10-25)16(4)26/h5-6,11-12H,7-10H2,1-4H3,(H,23,27). The number of nitrogens with zero attached hydrogens (tertiary/aromatic N) is 4. The first-order valence-electron chi connectivity index (χ1n) is 9.08. The Balaban J connectivity index is 1.74. The summed E-state index contributed by atoms with van der Waals surface area (Å²) in [7, 11) is 0. The molecule has 2 aromatic rings. The Hall–Kier alpha value is -2.96. The highest BCUT2D eigenvalue weighted by molar-refractivity contribution is 6.03. The maximum atomic E-state index is 12.7. The van der Waals surface area contributed by atoms with Gasteiger partial charge in [-0.05, 0) is 38.0 Å². The van der Waals surface area contributed by atoms with E-state index in [1.807, 2.05) is 37.8 Å². The normalized spacial score (nSPS) is 14.2. The monoisotopic (exact) mass is 367 g/mol. The van der Waals surface area contributed by atoms with Crippen LogP contribution in [0.5, 0.6) is 0 Å². The van der Waals surface area contributed by atoms with Gasteiger partial charge in [-0.3, -0.25) is 9.59 Å². The highest BCUT2D eigenvalue weighted by Crippen LogP contribution is 2.22. The van der Waals surface area contributed by atoms with Gasteiger partial charge in [-0.25, -0.2) is 9.97 Å². The van der Waals surface area contributed by atoms with Gasteiger partial charge in [0, 0.05) is 45.0 Å². The average molecular weight is 367 g/mol. The van der Waals surface area contributed by atoms with Gasteiger partial charge in [0.1, 0.15) is 5.69 Å². The maximum absolute atomic E-state index is 12.7. The lowest BCUT2D eigenvalue weighted by Crippen LogP contribution is -2.48. The largest absolute Gasteiger partial charge is 0.339 e. The van der Waals surface area contributed by atoms with Gasteiger partial charge >= 0.3 is 0 Å². The summed E-state index contributed by atoms with van der Waals surface area (Å²) in [6, 6.07) is 5.70. The highest BCUT2D eigenvalue weighted by atomic mass is 16.2. The summed E-state index contributed by atoms with van der Waals surface area (Å²) in [6.07, 6.45) is 1.60. The zero-order valence-corrected chi connectivity index (χ0v) is 16.2. The van der Waals surface area contributed by atoms with Crippen molar-refractivity contribution in [1.82, 2.24) is 14.9 Å². The second-order valence-electron chi connectivity index (χ2n) is 6.96. The van der Waals surface area contributed by atoms with Crippen molar-refractivity contribution in [3.8, 4) is 0 Å². The van der Waals surface area contributed by atoms with Crippen LogP contribution in [0.3, 0.4) is 0 Å². The van der Waals surface area contributed by atoms with Crippen molar-refractivity contribution in [2.24, 2.45) is 0 Å². The van der Waals surface area contributed by atoms with Crippen LogP contribution in [0.1, 0.15) is 34.1 Å². The molecule has 1 aromatic heterocycles. The van der Waals surface area contributed by atoms with Crippen molar-refractivity contribution in [2.45, 2.75) is 27.7 Å². The van der Waals surface area contributed by atoms with Crippen LogP contribution >= 0.6 is 0 Å². The minimum absolute atomic E-state index is 0.0764. The highest BCUT2D eigenvalue weighted by Gasteiger charge is 2.21. The average Bonchev–Trinajstić information content (AvgIpc) is 2.64. The lowest BCUT2D eigenvalue weighted by atomic mass is 10.1. The predicted octanol–water partition coefficient (Wildman–Crippen LogP) is 2.32. The quantitative estimate of drug-likeness (QED) is 0.901. The summed E-state index contributed by atoms with van der Waals surface area (Å²) in [4.78, 5) is 36.7. The molecule has 0 atom stereocenters. The number of aryl methyl sites for hydroxylation is 3. The third-order valence-electron chi connectivity index (χ3n) is 4.80. The molecule has 0 aliphatic carbocycles. The van der Waals surface area contributed by atoms with Gasteiger partial charge in [-0.2, -0.15) is 0 Å². The lowest BCUT2D eigenvalue weighted by Gasteiger charge is -2.34. The zero-order chi connectivity index (χ0) is 19.6. The van der Waals surface area contributed by atoms with Crippen molar-refractivity contribution >= 4 is 23.5 Å². The van der Waals surface area contributed by atoms with Crippen LogP contribution in [0, 0.1) is 20.8 Å². The van der Waals surface area contributed by atoms with Crippen LogP contribution in [0.4, 0.5) is 11.6 Å². The fraction of sp³-hybridized carbons (Fsp3) is 0.400. The number of piperazine rings is 1. The molecule has 0 spiro atoms. The minimum atomic E-state index is -0.254. The molecule has 7 nitrogen and oxygen atoms in total. The van der Waals surface area contributed by atoms with Crippen molar-refractivity contribution in [3.63, 3.8) is 0 Å². The molecule has 1 N–H and O–H groups in total. The summed E-state index contributed by atoms with van der Waals surface area (Å²) in [5.74, 6) is 0.340. The number of aromatic nitrogens is 2. The van der Waals surface area contributed by atoms with Gasteiger partial charge < -0.3 is 15.1 Å². The Morgan fingerprint density at radius 1 is 1.04 bits per heavy atom. The van der Waals surface area contributed by atoms with E-state index in [1.165, 1.54) is 0 Å². The molecule has 142 valence electrons. The molecule has 1 aliphatic heterocycles. The molecule has 0 radical (unpaired) electrons. The first-order valence-corrected chi connectivity index (χ1v) is 9.08. The predicted molar refractivity (Wildman–Crippen MR) is 105 cm³/mol. The summed E-state index contributed by atoms with van der Waals surface area (Å²) in [6.45, 7) is 10.2. The van der Waals surface area contributed by atoms with Gasteiger partial charge in [-0.15, -0.1) is 0 Å². The Morgan fingerprint density at radius 3 is 2.26 bits per heavy atom. The molecular formula is C20H25N5O2. The number of hydrogen-bond donors (Lipinski definition) is 1. The number of amides is 2. The second-order valence-corrected chi connectivity index (χ2v) is 6.96. The summed E-state index contributed by atoms with van der Waals surface area (Å²) >= 11 is 0. The molecule has 1 saturated heterocycles. The Kier molecular flexibility index (Phi) is 5.39. The molecule has 0 saturated carbocycles. The first kappa shape index (κ1) is 18.8. The van der Waals surface area contributed by atoms with E-state index in [0.717, 1.165) is 22.4 Å². The number of anilines is 2. The smallest absolute Gasteiger partial charge is 0.274 e. The maximum Gasteiger partial charge on any atom is 0.274 e. The Labute approximate surface area is 159 Å². The summed E-state index contributed by atoms with van der Waals surface area (Å²) in [5.41, 5.74) is 4.36. The number of rotatable bonds is 3. The fourth-order valence-electron chi connectivity index (χ4n) is 3.40. The zero-order valence-electron chi connectivity index (χ0n) is 16.2. The molecule has 1 aliphatic rings. The van der Waals surface area contributed by atoms with Crippen molar-refractivity contribution in [2.75, 3.05) is 36.4 Å². The van der Waals surface area contributed by atoms with Crippen LogP contribution in [0.25, 0.3) is 0 Å². The molecule has 1 aromatic carbocycles. The summed E-state index contributed by atoms with van der Waals surface area (Å²) < 4.78 is 0. The SMILES string of the molecule is CC(=O)N1CCN(c2nccc(C(=O)Nc3c(C)cc(C)cc3C)n2)CC1. The molecule has 2 heterocycles. The lowest BCUT2D eigenvalue weighted by molar-refractivity contribution is -0.129. The van der Waals surface area contributed by atoms with Gasteiger partial charge in [-0.1, -0.05) is 17.7 Å². The second kappa shape index (κ2) is 7.73. The molecule has 0 unspecified atom stereocenters. The van der Waals surface area contributed by atoms with Gasteiger partial charge in [0.25, 0.3) is 5.91 Å². The van der Waals surface area contributed by atoms with E-state index in [4.69, 9.17) is 0 Å². The number of benzene rings is 1. The van der Waals surface area contributed by atoms with E-state index in [0.29, 0.717) is 37.8 Å². The van der Waals surface area contributed by atoms with E-state index in [1.54, 1.807) is 24.1 Å². The van der Waals surface area contributed by atoms with Crippen LogP contribution in [-0.4, -0.2) is 52.9 Å². The molecular weight excluding hydrogens is 342 g/mol. The molecule has 2 amide bonds. The van der Waals surface area contributed by atoms with E-state index in [-0.39, 0.29) is 11.8 Å². The van der Waals surface area contributed by atoms with Crippen LogP contribution in [0.15, 0.2) is 24.4 Å². The van der Waals surface area contributed by atoms with Crippen molar-refractivity contribution in [1.29, 1.82) is 0 Å². The Bertz CT molecular complexity index is 849. The fourth-order valence-corrected chi connectivity index (χ4v) is 3.40. The number of carbonyl (C=O) groups is 2. The van der Waals surface area contributed by atoms with Crippen molar-refractivity contribution < 1.29 is 9.59 Å². The van der Waals surface area contributed by atoms with Gasteiger partial charge in [0.15, 0.2) is 0 Å². The number of hydrogen-bond acceptors (Lipinski definition) is 5. The molecule has 7 heteroatoms. The molecule has 3 rings (SSSR count). The van der Waals surface area contributed by atoms with E-state index in [9.17, 15) is 9.59 Å². The summed E-state index contributed by atoms with van der Waals surface area (Å²) in [5, 5.41) is 2.97. The van der Waals surface area contributed by atoms with Crippen molar-refractivity contribution in [3.05, 3.63) is 46.8 Å². The third kappa shape index (κ3) is 4.24. The molecule has 0 bridgehead atoms.